The monoisotopic (exact) mass is 354 g/mol. The fraction of sp³-hybridized carbons (Fsp3) is 0.235. The predicted octanol–water partition coefficient (Wildman–Crippen LogP) is 1.91. The van der Waals surface area contributed by atoms with Gasteiger partial charge in [-0.3, -0.25) is 4.79 Å². The van der Waals surface area contributed by atoms with E-state index in [9.17, 15) is 14.9 Å². The largest absolute Gasteiger partial charge is 0.389 e. The van der Waals surface area contributed by atoms with Crippen molar-refractivity contribution in [3.05, 3.63) is 69.7 Å². The third-order valence-electron chi connectivity index (χ3n) is 4.02. The smallest absolute Gasteiger partial charge is 0.358 e. The molecule has 0 radical (unpaired) electrons. The Labute approximate surface area is 149 Å². The lowest BCUT2D eigenvalue weighted by Crippen LogP contribution is -2.27. The van der Waals surface area contributed by atoms with Crippen LogP contribution >= 0.6 is 0 Å². The molecule has 1 amide bonds. The normalized spacial score (nSPS) is 10.7. The van der Waals surface area contributed by atoms with E-state index in [2.05, 4.69) is 15.5 Å². The number of hydrogen-bond acceptors (Lipinski definition) is 5. The topological polar surface area (TPSA) is 108 Å². The van der Waals surface area contributed by atoms with Gasteiger partial charge in [0.2, 0.25) is 5.91 Å². The van der Waals surface area contributed by atoms with Crippen LogP contribution in [-0.4, -0.2) is 30.4 Å². The maximum absolute atomic E-state index is 12.1. The lowest BCUT2D eigenvalue weighted by atomic mass is 10.2. The minimum Gasteiger partial charge on any atom is -0.358 e. The summed E-state index contributed by atoms with van der Waals surface area (Å²) in [4.78, 5) is 22.1. The lowest BCUT2D eigenvalue weighted by Gasteiger charge is -2.06. The summed E-state index contributed by atoms with van der Waals surface area (Å²) in [6.07, 6.45) is 1.40. The fourth-order valence-electron chi connectivity index (χ4n) is 2.68. The van der Waals surface area contributed by atoms with Gasteiger partial charge in [0.1, 0.15) is 6.54 Å². The van der Waals surface area contributed by atoms with Crippen molar-refractivity contribution in [3.63, 3.8) is 0 Å². The van der Waals surface area contributed by atoms with E-state index >= 15 is 0 Å². The summed E-state index contributed by atoms with van der Waals surface area (Å²) in [5.41, 5.74) is 3.67. The van der Waals surface area contributed by atoms with Crippen LogP contribution in [0.5, 0.6) is 0 Å². The highest BCUT2D eigenvalue weighted by atomic mass is 16.6. The molecule has 0 fully saturated rings. The summed E-state index contributed by atoms with van der Waals surface area (Å²) in [5.74, 6) is -0.567. The molecular formula is C17H18N6O3. The third-order valence-corrected chi connectivity index (χ3v) is 4.02. The zero-order valence-electron chi connectivity index (χ0n) is 14.4. The molecule has 9 heteroatoms. The minimum atomic E-state index is -0.598. The molecule has 0 bridgehead atoms. The van der Waals surface area contributed by atoms with Gasteiger partial charge in [0, 0.05) is 17.8 Å². The van der Waals surface area contributed by atoms with E-state index in [0.29, 0.717) is 6.54 Å². The van der Waals surface area contributed by atoms with Crippen LogP contribution in [0.4, 0.5) is 5.82 Å². The summed E-state index contributed by atoms with van der Waals surface area (Å²) < 4.78 is 3.08. The van der Waals surface area contributed by atoms with Gasteiger partial charge in [-0.05, 0) is 30.9 Å². The van der Waals surface area contributed by atoms with Gasteiger partial charge >= 0.3 is 5.82 Å². The van der Waals surface area contributed by atoms with Crippen molar-refractivity contribution in [1.82, 2.24) is 24.9 Å². The number of aryl methyl sites for hydroxylation is 1. The minimum absolute atomic E-state index is 0.0846. The van der Waals surface area contributed by atoms with Crippen molar-refractivity contribution in [2.45, 2.75) is 26.9 Å². The van der Waals surface area contributed by atoms with Gasteiger partial charge < -0.3 is 15.4 Å². The number of hydrogen-bond donors (Lipinski definition) is 1. The Morgan fingerprint density at radius 3 is 2.58 bits per heavy atom. The molecule has 2 aromatic heterocycles. The van der Waals surface area contributed by atoms with Crippen molar-refractivity contribution >= 4 is 11.7 Å². The first-order valence-corrected chi connectivity index (χ1v) is 8.01. The average molecular weight is 354 g/mol. The number of nitrogens with one attached hydrogen (secondary N) is 1. The van der Waals surface area contributed by atoms with Gasteiger partial charge in [-0.15, -0.1) is 0 Å². The Bertz CT molecular complexity index is 945. The predicted molar refractivity (Wildman–Crippen MR) is 93.8 cm³/mol. The maximum atomic E-state index is 12.1. The SMILES string of the molecule is Cc1nn(-c2ccccc2)c(C)c1CNC(=O)Cn1ccc([N+](=O)[O-])n1. The molecule has 1 N–H and O–H groups in total. The van der Waals surface area contributed by atoms with Gasteiger partial charge in [0.05, 0.1) is 28.7 Å². The second-order valence-corrected chi connectivity index (χ2v) is 5.80. The quantitative estimate of drug-likeness (QED) is 0.537. The Balaban J connectivity index is 1.66. The zero-order valence-corrected chi connectivity index (χ0v) is 14.4. The second-order valence-electron chi connectivity index (χ2n) is 5.80. The number of amides is 1. The number of benzene rings is 1. The molecule has 0 aliphatic heterocycles. The number of aromatic nitrogens is 4. The van der Waals surface area contributed by atoms with Crippen LogP contribution in [0.15, 0.2) is 42.6 Å². The van der Waals surface area contributed by atoms with Crippen LogP contribution in [0.25, 0.3) is 5.69 Å². The van der Waals surface area contributed by atoms with E-state index in [1.54, 1.807) is 0 Å². The second kappa shape index (κ2) is 7.18. The van der Waals surface area contributed by atoms with E-state index < -0.39 is 4.92 Å². The molecule has 1 aromatic carbocycles. The summed E-state index contributed by atoms with van der Waals surface area (Å²) >= 11 is 0. The van der Waals surface area contributed by atoms with Crippen molar-refractivity contribution in [2.75, 3.05) is 0 Å². The van der Waals surface area contributed by atoms with E-state index in [1.165, 1.54) is 16.9 Å². The molecule has 0 aliphatic rings. The third kappa shape index (κ3) is 3.61. The van der Waals surface area contributed by atoms with Gasteiger partial charge in [0.15, 0.2) is 0 Å². The van der Waals surface area contributed by atoms with Gasteiger partial charge in [-0.2, -0.15) is 9.78 Å². The van der Waals surface area contributed by atoms with E-state index in [0.717, 1.165) is 22.6 Å². The van der Waals surface area contributed by atoms with Crippen LogP contribution in [0.2, 0.25) is 0 Å². The summed E-state index contributed by atoms with van der Waals surface area (Å²) in [6.45, 7) is 4.08. The molecule has 0 atom stereocenters. The number of carbonyl (C=O) groups excluding carboxylic acids is 1. The van der Waals surface area contributed by atoms with Gasteiger partial charge in [-0.25, -0.2) is 4.68 Å². The standard InChI is InChI=1S/C17H18N6O3/c1-12-15(13(2)22(19-12)14-6-4-3-5-7-14)10-18-17(24)11-21-9-8-16(20-21)23(25)26/h3-9H,10-11H2,1-2H3,(H,18,24). The number of rotatable bonds is 6. The number of carbonyl (C=O) groups is 1. The molecule has 9 nitrogen and oxygen atoms in total. The van der Waals surface area contributed by atoms with E-state index in [-0.39, 0.29) is 18.3 Å². The number of nitro groups is 1. The van der Waals surface area contributed by atoms with Crippen molar-refractivity contribution in [2.24, 2.45) is 0 Å². The van der Waals surface area contributed by atoms with Gasteiger partial charge in [-0.1, -0.05) is 18.2 Å². The van der Waals surface area contributed by atoms with Crippen LogP contribution in [0.3, 0.4) is 0 Å². The van der Waals surface area contributed by atoms with Gasteiger partial charge in [0.25, 0.3) is 0 Å². The first-order chi connectivity index (χ1) is 12.5. The Kier molecular flexibility index (Phi) is 4.78. The molecule has 26 heavy (non-hydrogen) atoms. The summed E-state index contributed by atoms with van der Waals surface area (Å²) in [6, 6.07) is 11.0. The van der Waals surface area contributed by atoms with Crippen molar-refractivity contribution in [3.8, 4) is 5.69 Å². The van der Waals surface area contributed by atoms with Crippen molar-refractivity contribution in [1.29, 1.82) is 0 Å². The first kappa shape index (κ1) is 17.3. The molecule has 0 saturated carbocycles. The Morgan fingerprint density at radius 2 is 1.92 bits per heavy atom. The molecule has 0 spiro atoms. The van der Waals surface area contributed by atoms with E-state index in [1.807, 2.05) is 48.9 Å². The molecule has 0 unspecified atom stereocenters. The van der Waals surface area contributed by atoms with Crippen LogP contribution in [0, 0.1) is 24.0 Å². The zero-order chi connectivity index (χ0) is 18.7. The van der Waals surface area contributed by atoms with Crippen LogP contribution in [-0.2, 0) is 17.9 Å². The highest BCUT2D eigenvalue weighted by Crippen LogP contribution is 2.17. The highest BCUT2D eigenvalue weighted by molar-refractivity contribution is 5.75. The maximum Gasteiger partial charge on any atom is 0.389 e. The van der Waals surface area contributed by atoms with Crippen LogP contribution < -0.4 is 5.32 Å². The molecule has 134 valence electrons. The van der Waals surface area contributed by atoms with Crippen molar-refractivity contribution < 1.29 is 9.72 Å². The summed E-state index contributed by atoms with van der Waals surface area (Å²) in [5, 5.41) is 21.7. The van der Waals surface area contributed by atoms with Crippen LogP contribution in [0.1, 0.15) is 17.0 Å². The fourth-order valence-corrected chi connectivity index (χ4v) is 2.68. The lowest BCUT2D eigenvalue weighted by molar-refractivity contribution is -0.389. The average Bonchev–Trinajstić information content (AvgIpc) is 3.19. The molecule has 0 saturated heterocycles. The first-order valence-electron chi connectivity index (χ1n) is 8.01. The molecular weight excluding hydrogens is 336 g/mol. The Hall–Kier alpha value is -3.49. The molecule has 3 rings (SSSR count). The molecule has 2 heterocycles. The number of para-hydroxylation sites is 1. The van der Waals surface area contributed by atoms with E-state index in [4.69, 9.17) is 0 Å². The molecule has 3 aromatic rings. The number of nitrogens with zero attached hydrogens (tertiary/aromatic N) is 5. The molecule has 0 aliphatic carbocycles. The highest BCUT2D eigenvalue weighted by Gasteiger charge is 2.16. The summed E-state index contributed by atoms with van der Waals surface area (Å²) in [7, 11) is 0. The Morgan fingerprint density at radius 1 is 1.19 bits per heavy atom.